The molecule has 1 N–H and O–H groups in total. The molecule has 100 valence electrons. The Labute approximate surface area is 107 Å². The van der Waals surface area contributed by atoms with E-state index in [0.717, 1.165) is 5.69 Å². The second-order valence-electron chi connectivity index (χ2n) is 3.97. The molecule has 1 aromatic carbocycles. The van der Waals surface area contributed by atoms with Crippen molar-refractivity contribution >= 4 is 11.7 Å². The van der Waals surface area contributed by atoms with E-state index in [9.17, 15) is 9.90 Å². The lowest BCUT2D eigenvalue weighted by molar-refractivity contribution is -0.153. The average molecular weight is 253 g/mol. The van der Waals surface area contributed by atoms with Crippen molar-refractivity contribution in [1.29, 1.82) is 0 Å². The first-order valence-electron chi connectivity index (χ1n) is 5.71. The zero-order chi connectivity index (χ0) is 13.7. The highest BCUT2D eigenvalue weighted by Gasteiger charge is 2.23. The van der Waals surface area contributed by atoms with Gasteiger partial charge in [-0.3, -0.25) is 0 Å². The Balaban J connectivity index is 3.14. The number of anilines is 1. The summed E-state index contributed by atoms with van der Waals surface area (Å²) in [4.78, 5) is 13.4. The van der Waals surface area contributed by atoms with E-state index < -0.39 is 12.1 Å². The van der Waals surface area contributed by atoms with Gasteiger partial charge in [0.05, 0.1) is 13.7 Å². The molecule has 1 aromatic rings. The van der Waals surface area contributed by atoms with Crippen LogP contribution in [0.25, 0.3) is 0 Å². The molecule has 0 aromatic heterocycles. The van der Waals surface area contributed by atoms with Crippen molar-refractivity contribution in [3.05, 3.63) is 23.8 Å². The maximum absolute atomic E-state index is 11.6. The van der Waals surface area contributed by atoms with Gasteiger partial charge in [0.25, 0.3) is 0 Å². The molecule has 5 heteroatoms. The summed E-state index contributed by atoms with van der Waals surface area (Å²) in [6.07, 6.45) is -1.31. The third kappa shape index (κ3) is 3.13. The van der Waals surface area contributed by atoms with Crippen molar-refractivity contribution < 1.29 is 19.4 Å². The molecular weight excluding hydrogens is 234 g/mol. The van der Waals surface area contributed by atoms with Crippen molar-refractivity contribution in [2.24, 2.45) is 0 Å². The molecule has 0 aliphatic rings. The van der Waals surface area contributed by atoms with Gasteiger partial charge in [0, 0.05) is 25.3 Å². The Morgan fingerprint density at radius 3 is 2.61 bits per heavy atom. The number of rotatable bonds is 5. The molecule has 0 spiro atoms. The van der Waals surface area contributed by atoms with Gasteiger partial charge in [-0.25, -0.2) is 4.79 Å². The fourth-order valence-electron chi connectivity index (χ4n) is 1.63. The minimum atomic E-state index is -1.31. The van der Waals surface area contributed by atoms with Gasteiger partial charge in [-0.1, -0.05) is 0 Å². The summed E-state index contributed by atoms with van der Waals surface area (Å²) in [5.41, 5.74) is 1.22. The van der Waals surface area contributed by atoms with E-state index in [1.165, 1.54) is 7.11 Å². The SMILES string of the molecule is CCOC(=O)C(O)c1cc(OC)ccc1N(C)C. The highest BCUT2D eigenvalue weighted by Crippen LogP contribution is 2.30. The van der Waals surface area contributed by atoms with E-state index in [2.05, 4.69) is 0 Å². The maximum atomic E-state index is 11.6. The number of nitrogens with zero attached hydrogens (tertiary/aromatic N) is 1. The Morgan fingerprint density at radius 1 is 1.44 bits per heavy atom. The molecule has 0 saturated carbocycles. The second kappa shape index (κ2) is 6.26. The number of ether oxygens (including phenoxy) is 2. The first-order valence-corrected chi connectivity index (χ1v) is 5.71. The van der Waals surface area contributed by atoms with Crippen LogP contribution in [0.3, 0.4) is 0 Å². The van der Waals surface area contributed by atoms with E-state index in [-0.39, 0.29) is 6.61 Å². The molecule has 0 radical (unpaired) electrons. The zero-order valence-electron chi connectivity index (χ0n) is 11.1. The van der Waals surface area contributed by atoms with Crippen LogP contribution in [-0.2, 0) is 9.53 Å². The van der Waals surface area contributed by atoms with Crippen LogP contribution >= 0.6 is 0 Å². The molecule has 0 aliphatic heterocycles. The number of hydrogen-bond donors (Lipinski definition) is 1. The quantitative estimate of drug-likeness (QED) is 0.803. The largest absolute Gasteiger partial charge is 0.497 e. The number of aliphatic hydroxyl groups is 1. The molecule has 0 aliphatic carbocycles. The number of aliphatic hydroxyl groups excluding tert-OH is 1. The number of carbonyl (C=O) groups is 1. The summed E-state index contributed by atoms with van der Waals surface area (Å²) in [6.45, 7) is 1.93. The van der Waals surface area contributed by atoms with E-state index >= 15 is 0 Å². The second-order valence-corrected chi connectivity index (χ2v) is 3.97. The first kappa shape index (κ1) is 14.3. The van der Waals surface area contributed by atoms with Crippen LogP contribution in [0, 0.1) is 0 Å². The summed E-state index contributed by atoms with van der Waals surface area (Å²) >= 11 is 0. The first-order chi connectivity index (χ1) is 8.51. The van der Waals surface area contributed by atoms with E-state index in [1.807, 2.05) is 19.0 Å². The minimum absolute atomic E-state index is 0.233. The average Bonchev–Trinajstić information content (AvgIpc) is 2.37. The van der Waals surface area contributed by atoms with Crippen LogP contribution in [0.5, 0.6) is 5.75 Å². The molecule has 0 saturated heterocycles. The summed E-state index contributed by atoms with van der Waals surface area (Å²) in [5, 5.41) is 10.0. The molecule has 18 heavy (non-hydrogen) atoms. The summed E-state index contributed by atoms with van der Waals surface area (Å²) in [7, 11) is 5.21. The van der Waals surface area contributed by atoms with E-state index in [1.54, 1.807) is 25.1 Å². The molecule has 5 nitrogen and oxygen atoms in total. The minimum Gasteiger partial charge on any atom is -0.497 e. The lowest BCUT2D eigenvalue weighted by Crippen LogP contribution is -2.19. The fourth-order valence-corrected chi connectivity index (χ4v) is 1.63. The monoisotopic (exact) mass is 253 g/mol. The molecule has 0 amide bonds. The molecule has 0 bridgehead atoms. The van der Waals surface area contributed by atoms with Crippen LogP contribution in [-0.4, -0.2) is 38.9 Å². The lowest BCUT2D eigenvalue weighted by Gasteiger charge is -2.20. The standard InChI is InChI=1S/C13H19NO4/c1-5-18-13(16)12(15)10-8-9(17-4)6-7-11(10)14(2)3/h6-8,12,15H,5H2,1-4H3. The van der Waals surface area contributed by atoms with Crippen LogP contribution in [0.1, 0.15) is 18.6 Å². The Bertz CT molecular complexity index is 417. The maximum Gasteiger partial charge on any atom is 0.339 e. The molecule has 1 unspecified atom stereocenters. The third-order valence-electron chi connectivity index (χ3n) is 2.52. The Morgan fingerprint density at radius 2 is 2.11 bits per heavy atom. The van der Waals surface area contributed by atoms with Crippen molar-refractivity contribution in [1.82, 2.24) is 0 Å². The predicted octanol–water partition coefficient (Wildman–Crippen LogP) is 1.36. The van der Waals surface area contributed by atoms with Gasteiger partial charge in [0.2, 0.25) is 0 Å². The molecule has 1 atom stereocenters. The third-order valence-corrected chi connectivity index (χ3v) is 2.52. The van der Waals surface area contributed by atoms with Crippen molar-refractivity contribution in [2.45, 2.75) is 13.0 Å². The number of benzene rings is 1. The summed E-state index contributed by atoms with van der Waals surface area (Å²) < 4.78 is 9.92. The highest BCUT2D eigenvalue weighted by molar-refractivity contribution is 5.79. The highest BCUT2D eigenvalue weighted by atomic mass is 16.5. The number of esters is 1. The fraction of sp³-hybridized carbons (Fsp3) is 0.462. The van der Waals surface area contributed by atoms with Crippen LogP contribution in [0.2, 0.25) is 0 Å². The van der Waals surface area contributed by atoms with Gasteiger partial charge in [-0.2, -0.15) is 0 Å². The molecular formula is C13H19NO4. The van der Waals surface area contributed by atoms with Crippen LogP contribution in [0.4, 0.5) is 5.69 Å². The smallest absolute Gasteiger partial charge is 0.339 e. The Hall–Kier alpha value is -1.75. The van der Waals surface area contributed by atoms with Gasteiger partial charge in [0.1, 0.15) is 5.75 Å². The van der Waals surface area contributed by atoms with Crippen molar-refractivity contribution in [2.75, 3.05) is 32.7 Å². The predicted molar refractivity (Wildman–Crippen MR) is 68.9 cm³/mol. The topological polar surface area (TPSA) is 59.0 Å². The van der Waals surface area contributed by atoms with Gasteiger partial charge < -0.3 is 19.5 Å². The van der Waals surface area contributed by atoms with E-state index in [0.29, 0.717) is 11.3 Å². The van der Waals surface area contributed by atoms with Crippen LogP contribution < -0.4 is 9.64 Å². The number of methoxy groups -OCH3 is 1. The zero-order valence-corrected chi connectivity index (χ0v) is 11.1. The van der Waals surface area contributed by atoms with Gasteiger partial charge in [0.15, 0.2) is 6.10 Å². The number of carbonyl (C=O) groups excluding carboxylic acids is 1. The molecule has 1 rings (SSSR count). The lowest BCUT2D eigenvalue weighted by atomic mass is 10.1. The molecule has 0 fully saturated rings. The molecule has 0 heterocycles. The van der Waals surface area contributed by atoms with Gasteiger partial charge in [-0.15, -0.1) is 0 Å². The van der Waals surface area contributed by atoms with E-state index in [4.69, 9.17) is 9.47 Å². The summed E-state index contributed by atoms with van der Waals surface area (Å²) in [6, 6.07) is 5.20. The van der Waals surface area contributed by atoms with Crippen molar-refractivity contribution in [3.63, 3.8) is 0 Å². The number of hydrogen-bond acceptors (Lipinski definition) is 5. The van der Waals surface area contributed by atoms with Crippen molar-refractivity contribution in [3.8, 4) is 5.75 Å². The summed E-state index contributed by atoms with van der Waals surface area (Å²) in [5.74, 6) is -0.0761. The van der Waals surface area contributed by atoms with Gasteiger partial charge >= 0.3 is 5.97 Å². The van der Waals surface area contributed by atoms with Crippen LogP contribution in [0.15, 0.2) is 18.2 Å². The Kier molecular flexibility index (Phi) is 4.97. The normalized spacial score (nSPS) is 11.8. The van der Waals surface area contributed by atoms with Gasteiger partial charge in [-0.05, 0) is 25.1 Å².